The maximum Gasteiger partial charge on any atom is 0.338 e. The maximum atomic E-state index is 11.5. The average Bonchev–Trinajstić information content (AvgIpc) is 2.79. The van der Waals surface area contributed by atoms with Crippen molar-refractivity contribution in [1.29, 1.82) is 0 Å². The molecule has 0 radical (unpaired) electrons. The summed E-state index contributed by atoms with van der Waals surface area (Å²) in [5, 5.41) is 10.2. The third-order valence-corrected chi connectivity index (χ3v) is 3.36. The van der Waals surface area contributed by atoms with E-state index in [1.807, 2.05) is 11.6 Å². The number of aryl methyl sites for hydroxylation is 1. The Kier molecular flexibility index (Phi) is 2.71. The summed E-state index contributed by atoms with van der Waals surface area (Å²) in [4.78, 5) is 15.5. The Bertz CT molecular complexity index is 402. The Morgan fingerprint density at radius 1 is 1.75 bits per heavy atom. The normalized spacial score (nSPS) is 29.4. The molecule has 1 aliphatic heterocycles. The first-order chi connectivity index (χ1) is 7.58. The van der Waals surface area contributed by atoms with E-state index in [0.717, 1.165) is 5.69 Å². The zero-order valence-corrected chi connectivity index (χ0v) is 9.51. The fraction of sp³-hybridized carbons (Fsp3) is 0.636. The van der Waals surface area contributed by atoms with Crippen LogP contribution in [0.25, 0.3) is 0 Å². The molecular formula is C11H16N2O3. The number of carbonyl (C=O) groups is 1. The second-order valence-electron chi connectivity index (χ2n) is 4.27. The van der Waals surface area contributed by atoms with Crippen LogP contribution in [-0.4, -0.2) is 32.8 Å². The lowest BCUT2D eigenvalue weighted by Gasteiger charge is -2.23. The molecule has 0 amide bonds. The van der Waals surface area contributed by atoms with Gasteiger partial charge in [-0.1, -0.05) is 6.92 Å². The van der Waals surface area contributed by atoms with Gasteiger partial charge in [0.2, 0.25) is 0 Å². The van der Waals surface area contributed by atoms with Crippen LogP contribution in [-0.2, 0) is 23.0 Å². The minimum atomic E-state index is -1.33. The Hall–Kier alpha value is -1.36. The van der Waals surface area contributed by atoms with Crippen LogP contribution in [0.3, 0.4) is 0 Å². The molecular weight excluding hydrogens is 208 g/mol. The molecule has 1 N–H and O–H groups in total. The predicted molar refractivity (Wildman–Crippen MR) is 56.6 cm³/mol. The summed E-state index contributed by atoms with van der Waals surface area (Å²) in [7, 11) is 1.89. The average molecular weight is 224 g/mol. The molecule has 5 nitrogen and oxygen atoms in total. The van der Waals surface area contributed by atoms with Crippen molar-refractivity contribution in [3.8, 4) is 0 Å². The third-order valence-electron chi connectivity index (χ3n) is 3.36. The van der Waals surface area contributed by atoms with Crippen LogP contribution < -0.4 is 0 Å². The van der Waals surface area contributed by atoms with Crippen LogP contribution in [0.5, 0.6) is 0 Å². The van der Waals surface area contributed by atoms with Crippen molar-refractivity contribution in [2.75, 3.05) is 6.61 Å². The quantitative estimate of drug-likeness (QED) is 0.749. The first kappa shape index (κ1) is 11.1. The number of imidazole rings is 1. The van der Waals surface area contributed by atoms with Crippen molar-refractivity contribution in [3.63, 3.8) is 0 Å². The zero-order chi connectivity index (χ0) is 11.8. The topological polar surface area (TPSA) is 64.3 Å². The van der Waals surface area contributed by atoms with Crippen molar-refractivity contribution in [2.24, 2.45) is 13.0 Å². The highest BCUT2D eigenvalue weighted by molar-refractivity contribution is 5.81. The fourth-order valence-electron chi connectivity index (χ4n) is 2.10. The number of aliphatic hydroxyl groups is 1. The second kappa shape index (κ2) is 3.90. The SMILES string of the molecule is CC[C@]1(O)C(=O)OC[C@@H]1Cc1cncn1C. The first-order valence-corrected chi connectivity index (χ1v) is 5.42. The zero-order valence-electron chi connectivity index (χ0n) is 9.51. The molecule has 16 heavy (non-hydrogen) atoms. The molecule has 1 fully saturated rings. The van der Waals surface area contributed by atoms with E-state index < -0.39 is 11.6 Å². The molecule has 2 atom stereocenters. The minimum absolute atomic E-state index is 0.180. The van der Waals surface area contributed by atoms with Gasteiger partial charge in [-0.05, 0) is 12.8 Å². The Morgan fingerprint density at radius 2 is 2.50 bits per heavy atom. The van der Waals surface area contributed by atoms with E-state index in [9.17, 15) is 9.90 Å². The molecule has 1 aliphatic rings. The van der Waals surface area contributed by atoms with Gasteiger partial charge in [0.1, 0.15) is 0 Å². The van der Waals surface area contributed by atoms with Crippen LogP contribution in [0.4, 0.5) is 0 Å². The van der Waals surface area contributed by atoms with Crippen molar-refractivity contribution >= 4 is 5.97 Å². The van der Waals surface area contributed by atoms with E-state index in [4.69, 9.17) is 4.74 Å². The standard InChI is InChI=1S/C11H16N2O3/c1-3-11(15)8(6-16-10(11)14)4-9-5-12-7-13(9)2/h5,7-8,15H,3-4,6H2,1-2H3/t8-,11+/m0/s1. The Balaban J connectivity index is 2.17. The van der Waals surface area contributed by atoms with Gasteiger partial charge in [0.05, 0.1) is 12.9 Å². The molecule has 0 aromatic carbocycles. The lowest BCUT2D eigenvalue weighted by molar-refractivity contribution is -0.154. The Labute approximate surface area is 94.1 Å². The fourth-order valence-corrected chi connectivity index (χ4v) is 2.10. The largest absolute Gasteiger partial charge is 0.463 e. The van der Waals surface area contributed by atoms with Gasteiger partial charge in [-0.15, -0.1) is 0 Å². The van der Waals surface area contributed by atoms with Crippen LogP contribution in [0.15, 0.2) is 12.5 Å². The summed E-state index contributed by atoms with van der Waals surface area (Å²) in [6.07, 6.45) is 4.44. The highest BCUT2D eigenvalue weighted by Crippen LogP contribution is 2.32. The maximum absolute atomic E-state index is 11.5. The molecule has 1 aromatic heterocycles. The monoisotopic (exact) mass is 224 g/mol. The van der Waals surface area contributed by atoms with Crippen LogP contribution >= 0.6 is 0 Å². The lowest BCUT2D eigenvalue weighted by Crippen LogP contribution is -2.41. The van der Waals surface area contributed by atoms with E-state index in [1.54, 1.807) is 19.4 Å². The summed E-state index contributed by atoms with van der Waals surface area (Å²) in [5.41, 5.74) is -0.334. The number of hydrogen-bond donors (Lipinski definition) is 1. The molecule has 0 saturated carbocycles. The van der Waals surface area contributed by atoms with Gasteiger partial charge in [-0.25, -0.2) is 9.78 Å². The summed E-state index contributed by atoms with van der Waals surface area (Å²) >= 11 is 0. The smallest absolute Gasteiger partial charge is 0.338 e. The van der Waals surface area contributed by atoms with Crippen LogP contribution in [0.2, 0.25) is 0 Å². The predicted octanol–water partition coefficient (Wildman–Crippen LogP) is 0.277. The number of rotatable bonds is 3. The molecule has 1 aromatic rings. The third kappa shape index (κ3) is 1.61. The highest BCUT2D eigenvalue weighted by atomic mass is 16.6. The molecule has 1 saturated heterocycles. The molecule has 88 valence electrons. The van der Waals surface area contributed by atoms with E-state index in [-0.39, 0.29) is 12.5 Å². The summed E-state index contributed by atoms with van der Waals surface area (Å²) < 4.78 is 6.83. The molecule has 0 unspecified atom stereocenters. The highest BCUT2D eigenvalue weighted by Gasteiger charge is 2.49. The molecule has 0 bridgehead atoms. The second-order valence-corrected chi connectivity index (χ2v) is 4.27. The lowest BCUT2D eigenvalue weighted by atomic mass is 9.84. The van der Waals surface area contributed by atoms with Crippen molar-refractivity contribution in [1.82, 2.24) is 9.55 Å². The van der Waals surface area contributed by atoms with E-state index >= 15 is 0 Å². The number of esters is 1. The van der Waals surface area contributed by atoms with Gasteiger partial charge in [-0.3, -0.25) is 0 Å². The Morgan fingerprint density at radius 3 is 3.06 bits per heavy atom. The van der Waals surface area contributed by atoms with E-state index in [2.05, 4.69) is 4.98 Å². The number of hydrogen-bond acceptors (Lipinski definition) is 4. The molecule has 0 aliphatic carbocycles. The number of aromatic nitrogens is 2. The van der Waals surface area contributed by atoms with Gasteiger partial charge in [-0.2, -0.15) is 0 Å². The molecule has 0 spiro atoms. The number of nitrogens with zero attached hydrogens (tertiary/aromatic N) is 2. The number of ether oxygens (including phenoxy) is 1. The van der Waals surface area contributed by atoms with Crippen molar-refractivity contribution < 1.29 is 14.6 Å². The van der Waals surface area contributed by atoms with Gasteiger partial charge >= 0.3 is 5.97 Å². The van der Waals surface area contributed by atoms with Gasteiger partial charge in [0.15, 0.2) is 5.60 Å². The van der Waals surface area contributed by atoms with Crippen molar-refractivity contribution in [3.05, 3.63) is 18.2 Å². The number of cyclic esters (lactones) is 1. The van der Waals surface area contributed by atoms with Gasteiger partial charge < -0.3 is 14.4 Å². The van der Waals surface area contributed by atoms with Gasteiger partial charge in [0.25, 0.3) is 0 Å². The van der Waals surface area contributed by atoms with E-state index in [1.165, 1.54) is 0 Å². The number of carbonyl (C=O) groups excluding carboxylic acids is 1. The summed E-state index contributed by atoms with van der Waals surface area (Å²) in [6, 6.07) is 0. The molecule has 2 heterocycles. The molecule has 5 heteroatoms. The molecule has 2 rings (SSSR count). The van der Waals surface area contributed by atoms with Crippen molar-refractivity contribution in [2.45, 2.75) is 25.4 Å². The summed E-state index contributed by atoms with van der Waals surface area (Å²) in [6.45, 7) is 2.08. The summed E-state index contributed by atoms with van der Waals surface area (Å²) in [5.74, 6) is -0.678. The minimum Gasteiger partial charge on any atom is -0.463 e. The van der Waals surface area contributed by atoms with Gasteiger partial charge in [0, 0.05) is 24.9 Å². The van der Waals surface area contributed by atoms with Crippen LogP contribution in [0, 0.1) is 5.92 Å². The van der Waals surface area contributed by atoms with Crippen LogP contribution in [0.1, 0.15) is 19.0 Å². The van der Waals surface area contributed by atoms with E-state index in [0.29, 0.717) is 12.8 Å². The first-order valence-electron chi connectivity index (χ1n) is 5.42.